The molecule has 0 aliphatic heterocycles. The molecule has 0 spiro atoms. The molecule has 0 saturated heterocycles. The van der Waals surface area contributed by atoms with Gasteiger partial charge in [0.2, 0.25) is 0 Å². The Morgan fingerprint density at radius 3 is 1.28 bits per heavy atom. The largest absolute Gasteiger partial charge is 0.192 e. The van der Waals surface area contributed by atoms with Crippen molar-refractivity contribution in [2.45, 2.75) is 0 Å². The lowest BCUT2D eigenvalue weighted by Gasteiger charge is -1.98. The third kappa shape index (κ3) is 4.35. The second-order valence-electron chi connectivity index (χ2n) is 3.43. The number of hydrogen-bond acceptors (Lipinski definition) is 2. The maximum Gasteiger partial charge on any atom is 0.122 e. The molecule has 2 aromatic rings. The van der Waals surface area contributed by atoms with Crippen LogP contribution in [0, 0.1) is 22.7 Å². The van der Waals surface area contributed by atoms with Crippen LogP contribution in [0.25, 0.3) is 11.1 Å². The van der Waals surface area contributed by atoms with E-state index >= 15 is 0 Å². The molecule has 0 N–H and O–H groups in total. The van der Waals surface area contributed by atoms with Gasteiger partial charge in [-0.05, 0) is 11.1 Å². The van der Waals surface area contributed by atoms with Crippen molar-refractivity contribution in [2.24, 2.45) is 0 Å². The topological polar surface area (TPSA) is 47.6 Å². The Morgan fingerprint density at radius 2 is 1.06 bits per heavy atom. The first kappa shape index (κ1) is 13.2. The molecule has 86 valence electrons. The van der Waals surface area contributed by atoms with Crippen molar-refractivity contribution < 1.29 is 0 Å². The van der Waals surface area contributed by atoms with Gasteiger partial charge in [0, 0.05) is 0 Å². The lowest BCUT2D eigenvalue weighted by molar-refractivity contribution is 1.47. The summed E-state index contributed by atoms with van der Waals surface area (Å²) in [6.45, 7) is 3.07. The molecule has 0 amide bonds. The summed E-state index contributed by atoms with van der Waals surface area (Å²) in [7, 11) is 0. The van der Waals surface area contributed by atoms with Gasteiger partial charge in [-0.3, -0.25) is 0 Å². The molecule has 0 saturated carbocycles. The van der Waals surface area contributed by atoms with E-state index in [1.165, 1.54) is 11.1 Å². The van der Waals surface area contributed by atoms with E-state index in [-0.39, 0.29) is 5.57 Å². The molecule has 0 aliphatic carbocycles. The fourth-order valence-electron chi connectivity index (χ4n) is 1.29. The van der Waals surface area contributed by atoms with Crippen LogP contribution in [0.1, 0.15) is 0 Å². The Hall–Kier alpha value is -2.84. The van der Waals surface area contributed by atoms with Gasteiger partial charge in [-0.25, -0.2) is 0 Å². The molecular formula is C16H12N2. The standard InChI is InChI=1S/C12H10.C4H2N2/c1-3-7-11(8-4-1)12-9-5-2-6-10-12;1-4(2-5)3-6/h1-10H;1H2. The fraction of sp³-hybridized carbons (Fsp3) is 0. The number of allylic oxidation sites excluding steroid dienone is 1. The molecule has 0 heterocycles. The molecule has 0 unspecified atom stereocenters. The molecule has 18 heavy (non-hydrogen) atoms. The van der Waals surface area contributed by atoms with E-state index in [2.05, 4.69) is 55.1 Å². The minimum atomic E-state index is -0.0463. The van der Waals surface area contributed by atoms with Gasteiger partial charge < -0.3 is 0 Å². The van der Waals surface area contributed by atoms with E-state index in [0.717, 1.165) is 0 Å². The smallest absolute Gasteiger partial charge is 0.122 e. The number of nitriles is 2. The summed E-state index contributed by atoms with van der Waals surface area (Å²) < 4.78 is 0. The van der Waals surface area contributed by atoms with E-state index in [1.54, 1.807) is 12.1 Å². The molecule has 2 aromatic carbocycles. The van der Waals surface area contributed by atoms with Gasteiger partial charge in [-0.1, -0.05) is 67.2 Å². The molecule has 0 bridgehead atoms. The number of benzene rings is 2. The van der Waals surface area contributed by atoms with Crippen LogP contribution < -0.4 is 0 Å². The predicted octanol–water partition coefficient (Wildman–Crippen LogP) is 3.94. The number of hydrogen-bond donors (Lipinski definition) is 0. The minimum absolute atomic E-state index is 0.0463. The van der Waals surface area contributed by atoms with Gasteiger partial charge in [0.25, 0.3) is 0 Å². The minimum Gasteiger partial charge on any atom is -0.192 e. The van der Waals surface area contributed by atoms with Crippen molar-refractivity contribution in [1.29, 1.82) is 10.5 Å². The van der Waals surface area contributed by atoms with Crippen LogP contribution in [-0.2, 0) is 0 Å². The van der Waals surface area contributed by atoms with Crippen LogP contribution in [0.3, 0.4) is 0 Å². The van der Waals surface area contributed by atoms with Crippen molar-refractivity contribution in [3.63, 3.8) is 0 Å². The van der Waals surface area contributed by atoms with Crippen LogP contribution in [0.5, 0.6) is 0 Å². The Kier molecular flexibility index (Phi) is 5.46. The Balaban J connectivity index is 0.000000232. The number of rotatable bonds is 1. The Bertz CT molecular complexity index is 518. The zero-order valence-electron chi connectivity index (χ0n) is 9.88. The van der Waals surface area contributed by atoms with Crippen LogP contribution >= 0.6 is 0 Å². The Labute approximate surface area is 107 Å². The van der Waals surface area contributed by atoms with E-state index in [4.69, 9.17) is 10.5 Å². The summed E-state index contributed by atoms with van der Waals surface area (Å²) in [4.78, 5) is 0. The molecule has 2 nitrogen and oxygen atoms in total. The lowest BCUT2D eigenvalue weighted by Crippen LogP contribution is -1.73. The van der Waals surface area contributed by atoms with Gasteiger partial charge in [0.05, 0.1) is 0 Å². The first-order valence-corrected chi connectivity index (χ1v) is 5.37. The lowest BCUT2D eigenvalue weighted by atomic mass is 10.1. The Morgan fingerprint density at radius 1 is 0.722 bits per heavy atom. The molecule has 0 fully saturated rings. The molecular weight excluding hydrogens is 220 g/mol. The maximum absolute atomic E-state index is 7.76. The van der Waals surface area contributed by atoms with Gasteiger partial charge in [0.15, 0.2) is 0 Å². The monoisotopic (exact) mass is 232 g/mol. The fourth-order valence-corrected chi connectivity index (χ4v) is 1.29. The first-order valence-electron chi connectivity index (χ1n) is 5.37. The second-order valence-corrected chi connectivity index (χ2v) is 3.43. The summed E-state index contributed by atoms with van der Waals surface area (Å²) in [5, 5.41) is 15.5. The van der Waals surface area contributed by atoms with Crippen molar-refractivity contribution >= 4 is 0 Å². The zero-order valence-corrected chi connectivity index (χ0v) is 9.88. The average molecular weight is 232 g/mol. The van der Waals surface area contributed by atoms with Crippen LogP contribution in [0.2, 0.25) is 0 Å². The molecule has 2 heteroatoms. The molecule has 0 aromatic heterocycles. The van der Waals surface area contributed by atoms with Crippen molar-refractivity contribution in [2.75, 3.05) is 0 Å². The highest BCUT2D eigenvalue weighted by atomic mass is 14.3. The van der Waals surface area contributed by atoms with Gasteiger partial charge in [-0.2, -0.15) is 10.5 Å². The van der Waals surface area contributed by atoms with Gasteiger partial charge in [-0.15, -0.1) is 0 Å². The van der Waals surface area contributed by atoms with Crippen molar-refractivity contribution in [1.82, 2.24) is 0 Å². The second kappa shape index (κ2) is 7.44. The molecule has 0 atom stereocenters. The van der Waals surface area contributed by atoms with Gasteiger partial charge in [0.1, 0.15) is 17.7 Å². The molecule has 0 aliphatic rings. The quantitative estimate of drug-likeness (QED) is 0.699. The van der Waals surface area contributed by atoms with Crippen molar-refractivity contribution in [3.8, 4) is 23.3 Å². The average Bonchev–Trinajstić information content (AvgIpc) is 2.49. The number of nitrogens with zero attached hydrogens (tertiary/aromatic N) is 2. The van der Waals surface area contributed by atoms with Crippen LogP contribution in [-0.4, -0.2) is 0 Å². The first-order chi connectivity index (χ1) is 8.77. The zero-order chi connectivity index (χ0) is 13.2. The van der Waals surface area contributed by atoms with Crippen LogP contribution in [0.15, 0.2) is 72.8 Å². The third-order valence-corrected chi connectivity index (χ3v) is 2.15. The summed E-state index contributed by atoms with van der Waals surface area (Å²) in [5.41, 5.74) is 2.51. The summed E-state index contributed by atoms with van der Waals surface area (Å²) in [6.07, 6.45) is 0. The van der Waals surface area contributed by atoms with Crippen molar-refractivity contribution in [3.05, 3.63) is 72.8 Å². The van der Waals surface area contributed by atoms with Crippen LogP contribution in [0.4, 0.5) is 0 Å². The summed E-state index contributed by atoms with van der Waals surface area (Å²) >= 11 is 0. The highest BCUT2D eigenvalue weighted by molar-refractivity contribution is 5.62. The van der Waals surface area contributed by atoms with E-state index < -0.39 is 0 Å². The molecule has 2 rings (SSSR count). The predicted molar refractivity (Wildman–Crippen MR) is 72.2 cm³/mol. The molecule has 0 radical (unpaired) electrons. The highest BCUT2D eigenvalue weighted by Gasteiger charge is 1.91. The third-order valence-electron chi connectivity index (χ3n) is 2.15. The highest BCUT2D eigenvalue weighted by Crippen LogP contribution is 2.17. The normalized spacial score (nSPS) is 8.11. The SMILES string of the molecule is C=C(C#N)C#N.c1ccc(-c2ccccc2)cc1. The van der Waals surface area contributed by atoms with E-state index in [0.29, 0.717) is 0 Å². The van der Waals surface area contributed by atoms with Gasteiger partial charge >= 0.3 is 0 Å². The van der Waals surface area contributed by atoms with E-state index in [9.17, 15) is 0 Å². The summed E-state index contributed by atoms with van der Waals surface area (Å²) in [6, 6.07) is 23.9. The maximum atomic E-state index is 7.76. The van der Waals surface area contributed by atoms with E-state index in [1.807, 2.05) is 12.1 Å². The summed E-state index contributed by atoms with van der Waals surface area (Å²) in [5.74, 6) is 0.